The second kappa shape index (κ2) is 9.72. The van der Waals surface area contributed by atoms with Gasteiger partial charge in [0.2, 0.25) is 0 Å². The highest BCUT2D eigenvalue weighted by Crippen LogP contribution is 2.20. The van der Waals surface area contributed by atoms with E-state index in [1.54, 1.807) is 0 Å². The van der Waals surface area contributed by atoms with Crippen molar-refractivity contribution in [3.8, 4) is 5.75 Å². The zero-order valence-corrected chi connectivity index (χ0v) is 15.7. The van der Waals surface area contributed by atoms with Gasteiger partial charge in [0.25, 0.3) is 0 Å². The summed E-state index contributed by atoms with van der Waals surface area (Å²) in [5.41, 5.74) is 2.65. The minimum absolute atomic E-state index is 0.0474. The van der Waals surface area contributed by atoms with Gasteiger partial charge in [-0.2, -0.15) is 0 Å². The van der Waals surface area contributed by atoms with E-state index in [-0.39, 0.29) is 6.61 Å². The van der Waals surface area contributed by atoms with E-state index in [2.05, 4.69) is 59.3 Å². The van der Waals surface area contributed by atoms with Crippen LogP contribution in [0.15, 0.2) is 54.6 Å². The zero-order valence-electron chi connectivity index (χ0n) is 15.7. The maximum Gasteiger partial charge on any atom is 0.119 e. The van der Waals surface area contributed by atoms with Gasteiger partial charge < -0.3 is 9.84 Å². The number of nitrogens with zero attached hydrogens (tertiary/aromatic N) is 2. The summed E-state index contributed by atoms with van der Waals surface area (Å²) in [4.78, 5) is 5.03. The molecule has 4 nitrogen and oxygen atoms in total. The number of likely N-dealkylation sites (tertiary alicyclic amines) is 1. The Kier molecular flexibility index (Phi) is 7.06. The number of ether oxygens (including phenoxy) is 1. The lowest BCUT2D eigenvalue weighted by atomic mass is 10.0. The predicted octanol–water partition coefficient (Wildman–Crippen LogP) is 3.15. The molecule has 1 saturated heterocycles. The Bertz CT molecular complexity index is 662. The number of benzene rings is 2. The van der Waals surface area contributed by atoms with E-state index in [1.807, 2.05) is 12.1 Å². The minimum Gasteiger partial charge on any atom is -0.491 e. The van der Waals surface area contributed by atoms with Crippen LogP contribution in [0.2, 0.25) is 0 Å². The fourth-order valence-electron chi connectivity index (χ4n) is 3.69. The highest BCUT2D eigenvalue weighted by molar-refractivity contribution is 5.28. The Labute approximate surface area is 157 Å². The van der Waals surface area contributed by atoms with Crippen molar-refractivity contribution in [2.24, 2.45) is 0 Å². The first-order chi connectivity index (χ1) is 12.7. The molecular weight excluding hydrogens is 324 g/mol. The van der Waals surface area contributed by atoms with Gasteiger partial charge in [0.1, 0.15) is 12.4 Å². The zero-order chi connectivity index (χ0) is 18.2. The number of hydrogen-bond donors (Lipinski definition) is 1. The highest BCUT2D eigenvalue weighted by atomic mass is 16.5. The van der Waals surface area contributed by atoms with E-state index in [0.717, 1.165) is 31.9 Å². The molecule has 1 aliphatic rings. The molecule has 1 aliphatic heterocycles. The SMILES string of the molecule is CN(Cc1ccccc1)C1CCCN(Cc2cccc(OCCO)c2)C1. The van der Waals surface area contributed by atoms with Crippen LogP contribution in [0.5, 0.6) is 5.75 Å². The van der Waals surface area contributed by atoms with E-state index >= 15 is 0 Å². The molecule has 0 bridgehead atoms. The number of hydrogen-bond acceptors (Lipinski definition) is 4. The molecule has 0 aliphatic carbocycles. The molecule has 0 amide bonds. The average Bonchev–Trinajstić information content (AvgIpc) is 2.68. The topological polar surface area (TPSA) is 35.9 Å². The van der Waals surface area contributed by atoms with Crippen molar-refractivity contribution >= 4 is 0 Å². The lowest BCUT2D eigenvalue weighted by Gasteiger charge is -2.37. The minimum atomic E-state index is 0.0474. The molecule has 26 heavy (non-hydrogen) atoms. The fourth-order valence-corrected chi connectivity index (χ4v) is 3.69. The summed E-state index contributed by atoms with van der Waals surface area (Å²) in [7, 11) is 2.24. The second-order valence-electron chi connectivity index (χ2n) is 7.15. The number of piperidine rings is 1. The molecule has 140 valence electrons. The van der Waals surface area contributed by atoms with Crippen LogP contribution < -0.4 is 4.74 Å². The van der Waals surface area contributed by atoms with Gasteiger partial charge in [0, 0.05) is 25.7 Å². The molecular formula is C22H30N2O2. The third kappa shape index (κ3) is 5.56. The average molecular weight is 354 g/mol. The van der Waals surface area contributed by atoms with Gasteiger partial charge in [-0.05, 0) is 49.7 Å². The van der Waals surface area contributed by atoms with E-state index in [9.17, 15) is 0 Å². The molecule has 1 N–H and O–H groups in total. The van der Waals surface area contributed by atoms with E-state index < -0.39 is 0 Å². The van der Waals surface area contributed by atoms with Crippen LogP contribution >= 0.6 is 0 Å². The third-order valence-corrected chi connectivity index (χ3v) is 5.04. The molecule has 0 spiro atoms. The van der Waals surface area contributed by atoms with Crippen molar-refractivity contribution in [3.05, 3.63) is 65.7 Å². The van der Waals surface area contributed by atoms with Gasteiger partial charge in [-0.25, -0.2) is 0 Å². The quantitative estimate of drug-likeness (QED) is 0.790. The summed E-state index contributed by atoms with van der Waals surface area (Å²) >= 11 is 0. The van der Waals surface area contributed by atoms with Gasteiger partial charge in [0.05, 0.1) is 6.61 Å². The highest BCUT2D eigenvalue weighted by Gasteiger charge is 2.23. The predicted molar refractivity (Wildman–Crippen MR) is 105 cm³/mol. The molecule has 4 heteroatoms. The van der Waals surface area contributed by atoms with E-state index in [1.165, 1.54) is 24.0 Å². The van der Waals surface area contributed by atoms with Crippen molar-refractivity contribution in [3.63, 3.8) is 0 Å². The van der Waals surface area contributed by atoms with Gasteiger partial charge >= 0.3 is 0 Å². The summed E-state index contributed by atoms with van der Waals surface area (Å²) < 4.78 is 5.53. The first-order valence-electron chi connectivity index (χ1n) is 9.54. The Morgan fingerprint density at radius 3 is 2.73 bits per heavy atom. The molecule has 0 aromatic heterocycles. The Balaban J connectivity index is 1.55. The summed E-state index contributed by atoms with van der Waals surface area (Å²) in [6.07, 6.45) is 2.50. The molecule has 1 fully saturated rings. The molecule has 2 aromatic carbocycles. The molecule has 3 rings (SSSR count). The standard InChI is InChI=1S/C22H30N2O2/c1-23(16-19-7-3-2-4-8-19)21-10-6-12-24(18-21)17-20-9-5-11-22(15-20)26-14-13-25/h2-5,7-9,11,15,21,25H,6,10,12-14,16-18H2,1H3. The van der Waals surface area contributed by atoms with Crippen LogP contribution in [0.4, 0.5) is 0 Å². The molecule has 0 saturated carbocycles. The van der Waals surface area contributed by atoms with Crippen LogP contribution in [0, 0.1) is 0 Å². The molecule has 2 aromatic rings. The lowest BCUT2D eigenvalue weighted by molar-refractivity contribution is 0.107. The normalized spacial score (nSPS) is 18.2. The van der Waals surface area contributed by atoms with Crippen LogP contribution in [0.25, 0.3) is 0 Å². The van der Waals surface area contributed by atoms with Crippen molar-refractivity contribution in [1.29, 1.82) is 0 Å². The molecule has 0 radical (unpaired) electrons. The summed E-state index contributed by atoms with van der Waals surface area (Å²) in [6, 6.07) is 19.5. The van der Waals surface area contributed by atoms with Gasteiger partial charge in [-0.3, -0.25) is 9.80 Å². The van der Waals surface area contributed by atoms with E-state index in [0.29, 0.717) is 12.6 Å². The largest absolute Gasteiger partial charge is 0.491 e. The number of rotatable bonds is 8. The first kappa shape index (κ1) is 18.9. The smallest absolute Gasteiger partial charge is 0.119 e. The van der Waals surface area contributed by atoms with Crippen LogP contribution in [0.3, 0.4) is 0 Å². The summed E-state index contributed by atoms with van der Waals surface area (Å²) in [6.45, 7) is 4.60. The summed E-state index contributed by atoms with van der Waals surface area (Å²) in [5.74, 6) is 0.839. The van der Waals surface area contributed by atoms with E-state index in [4.69, 9.17) is 9.84 Å². The Morgan fingerprint density at radius 1 is 1.12 bits per heavy atom. The monoisotopic (exact) mass is 354 g/mol. The first-order valence-corrected chi connectivity index (χ1v) is 9.54. The van der Waals surface area contributed by atoms with Crippen molar-refractivity contribution < 1.29 is 9.84 Å². The van der Waals surface area contributed by atoms with Crippen LogP contribution in [0.1, 0.15) is 24.0 Å². The second-order valence-corrected chi connectivity index (χ2v) is 7.15. The van der Waals surface area contributed by atoms with Crippen molar-refractivity contribution in [2.45, 2.75) is 32.0 Å². The fraction of sp³-hybridized carbons (Fsp3) is 0.455. The van der Waals surface area contributed by atoms with Crippen LogP contribution in [-0.2, 0) is 13.1 Å². The number of aliphatic hydroxyl groups is 1. The molecule has 1 heterocycles. The maximum absolute atomic E-state index is 8.91. The van der Waals surface area contributed by atoms with Crippen molar-refractivity contribution in [1.82, 2.24) is 9.80 Å². The molecule has 1 unspecified atom stereocenters. The summed E-state index contributed by atoms with van der Waals surface area (Å²) in [5, 5.41) is 8.91. The lowest BCUT2D eigenvalue weighted by Crippen LogP contribution is -2.45. The van der Waals surface area contributed by atoms with Gasteiger partial charge in [-0.1, -0.05) is 42.5 Å². The molecule has 1 atom stereocenters. The maximum atomic E-state index is 8.91. The number of likely N-dealkylation sites (N-methyl/N-ethyl adjacent to an activating group) is 1. The van der Waals surface area contributed by atoms with Crippen LogP contribution in [-0.4, -0.2) is 54.3 Å². The van der Waals surface area contributed by atoms with Gasteiger partial charge in [0.15, 0.2) is 0 Å². The Morgan fingerprint density at radius 2 is 1.92 bits per heavy atom. The number of aliphatic hydroxyl groups excluding tert-OH is 1. The van der Waals surface area contributed by atoms with Gasteiger partial charge in [-0.15, -0.1) is 0 Å². The third-order valence-electron chi connectivity index (χ3n) is 5.04. The Hall–Kier alpha value is -1.88. The van der Waals surface area contributed by atoms with Crippen molar-refractivity contribution in [2.75, 3.05) is 33.4 Å².